The Morgan fingerprint density at radius 2 is 2.25 bits per heavy atom. The van der Waals surface area contributed by atoms with Gasteiger partial charge in [0.1, 0.15) is 11.9 Å². The zero-order chi connectivity index (χ0) is 14.9. The number of carbonyl (C=O) groups excluding carboxylic acids is 1. The van der Waals surface area contributed by atoms with Crippen molar-refractivity contribution < 1.29 is 22.7 Å². The first-order valence-corrected chi connectivity index (χ1v) is 6.05. The van der Waals surface area contributed by atoms with Crippen molar-refractivity contribution in [3.8, 4) is 0 Å². The Balaban J connectivity index is 2.34. The quantitative estimate of drug-likeness (QED) is 0.897. The number of pyridine rings is 1. The van der Waals surface area contributed by atoms with Gasteiger partial charge in [-0.3, -0.25) is 4.79 Å². The average Bonchev–Trinajstić information content (AvgIpc) is 2.37. The fourth-order valence-corrected chi connectivity index (χ4v) is 2.16. The van der Waals surface area contributed by atoms with Crippen molar-refractivity contribution in [2.24, 2.45) is 5.73 Å². The number of hydrogen-bond donors (Lipinski definition) is 1. The minimum atomic E-state index is -4.52. The topological polar surface area (TPSA) is 68.5 Å². The Hall–Kier alpha value is -1.54. The van der Waals surface area contributed by atoms with Gasteiger partial charge in [-0.15, -0.1) is 0 Å². The molecule has 1 aliphatic heterocycles. The van der Waals surface area contributed by atoms with Gasteiger partial charge in [0.05, 0.1) is 23.8 Å². The standard InChI is InChI=1S/C11H11ClF3N3O2/c12-7-3-6(11(13,14)15)4-17-10(7)18-1-2-20-5-8(18)9(16)19/h3-4,8H,1-2,5H2,(H2,16,19)/t8-/m0/s1. The molecule has 1 aromatic rings. The van der Waals surface area contributed by atoms with E-state index in [9.17, 15) is 18.0 Å². The van der Waals surface area contributed by atoms with E-state index in [-0.39, 0.29) is 24.0 Å². The van der Waals surface area contributed by atoms with Crippen LogP contribution in [-0.4, -0.2) is 36.7 Å². The maximum absolute atomic E-state index is 12.5. The average molecular weight is 310 g/mol. The van der Waals surface area contributed by atoms with Gasteiger partial charge >= 0.3 is 6.18 Å². The molecule has 20 heavy (non-hydrogen) atoms. The first-order chi connectivity index (χ1) is 9.30. The fraction of sp³-hybridized carbons (Fsp3) is 0.455. The normalized spacial score (nSPS) is 20.0. The van der Waals surface area contributed by atoms with Gasteiger partial charge in [0.25, 0.3) is 0 Å². The number of nitrogens with zero attached hydrogens (tertiary/aromatic N) is 2. The molecular weight excluding hydrogens is 299 g/mol. The summed E-state index contributed by atoms with van der Waals surface area (Å²) in [5.41, 5.74) is 4.28. The van der Waals surface area contributed by atoms with Gasteiger partial charge in [0.2, 0.25) is 5.91 Å². The van der Waals surface area contributed by atoms with Crippen LogP contribution < -0.4 is 10.6 Å². The molecule has 0 saturated carbocycles. The van der Waals surface area contributed by atoms with E-state index in [1.54, 1.807) is 0 Å². The number of ether oxygens (including phenoxy) is 1. The Kier molecular flexibility index (Phi) is 4.05. The summed E-state index contributed by atoms with van der Waals surface area (Å²) in [4.78, 5) is 16.5. The maximum Gasteiger partial charge on any atom is 0.417 e. The van der Waals surface area contributed by atoms with Crippen LogP contribution >= 0.6 is 11.6 Å². The molecule has 0 aliphatic carbocycles. The van der Waals surface area contributed by atoms with Crippen molar-refractivity contribution in [3.63, 3.8) is 0 Å². The van der Waals surface area contributed by atoms with Gasteiger partial charge in [-0.1, -0.05) is 11.6 Å². The number of nitrogens with two attached hydrogens (primary N) is 1. The summed E-state index contributed by atoms with van der Waals surface area (Å²) in [6.07, 6.45) is -3.85. The molecule has 1 atom stereocenters. The molecule has 110 valence electrons. The summed E-state index contributed by atoms with van der Waals surface area (Å²) in [5.74, 6) is -0.561. The van der Waals surface area contributed by atoms with Gasteiger partial charge in [0.15, 0.2) is 0 Å². The Bertz CT molecular complexity index is 524. The van der Waals surface area contributed by atoms with Crippen molar-refractivity contribution in [2.45, 2.75) is 12.2 Å². The van der Waals surface area contributed by atoms with Crippen molar-refractivity contribution in [1.82, 2.24) is 4.98 Å². The highest BCUT2D eigenvalue weighted by Crippen LogP contribution is 2.34. The van der Waals surface area contributed by atoms with Crippen LogP contribution in [0.1, 0.15) is 5.56 Å². The Morgan fingerprint density at radius 1 is 1.55 bits per heavy atom. The van der Waals surface area contributed by atoms with Crippen LogP contribution in [0.3, 0.4) is 0 Å². The predicted molar refractivity (Wildman–Crippen MR) is 65.4 cm³/mol. The van der Waals surface area contributed by atoms with Crippen LogP contribution in [0.15, 0.2) is 12.3 Å². The van der Waals surface area contributed by atoms with Crippen molar-refractivity contribution in [2.75, 3.05) is 24.7 Å². The lowest BCUT2D eigenvalue weighted by Crippen LogP contribution is -2.53. The summed E-state index contributed by atoms with van der Waals surface area (Å²) in [5, 5.41) is -0.187. The van der Waals surface area contributed by atoms with Crippen molar-refractivity contribution in [1.29, 1.82) is 0 Å². The van der Waals surface area contributed by atoms with Crippen molar-refractivity contribution >= 4 is 23.3 Å². The highest BCUT2D eigenvalue weighted by atomic mass is 35.5. The molecular formula is C11H11ClF3N3O2. The number of alkyl halides is 3. The highest BCUT2D eigenvalue weighted by molar-refractivity contribution is 6.33. The third kappa shape index (κ3) is 2.96. The summed E-state index contributed by atoms with van der Waals surface area (Å²) < 4.78 is 42.7. The van der Waals surface area contributed by atoms with E-state index in [0.29, 0.717) is 12.8 Å². The van der Waals surface area contributed by atoms with E-state index in [1.807, 2.05) is 0 Å². The molecule has 5 nitrogen and oxygen atoms in total. The number of carbonyl (C=O) groups is 1. The number of aromatic nitrogens is 1. The van der Waals surface area contributed by atoms with Gasteiger partial charge in [-0.25, -0.2) is 4.98 Å². The molecule has 1 amide bonds. The van der Waals surface area contributed by atoms with Crippen LogP contribution in [0.4, 0.5) is 19.0 Å². The van der Waals surface area contributed by atoms with E-state index >= 15 is 0 Å². The van der Waals surface area contributed by atoms with Gasteiger partial charge in [0, 0.05) is 12.7 Å². The lowest BCUT2D eigenvalue weighted by molar-refractivity contribution is -0.137. The summed E-state index contributed by atoms with van der Waals surface area (Å²) in [7, 11) is 0. The zero-order valence-corrected chi connectivity index (χ0v) is 10.9. The van der Waals surface area contributed by atoms with Crippen molar-refractivity contribution in [3.05, 3.63) is 22.8 Å². The highest BCUT2D eigenvalue weighted by Gasteiger charge is 2.34. The Labute approximate surface area is 117 Å². The number of halogens is 4. The largest absolute Gasteiger partial charge is 0.417 e. The molecule has 1 saturated heterocycles. The van der Waals surface area contributed by atoms with Gasteiger partial charge in [-0.2, -0.15) is 13.2 Å². The Morgan fingerprint density at radius 3 is 2.80 bits per heavy atom. The first kappa shape index (κ1) is 14.9. The lowest BCUT2D eigenvalue weighted by Gasteiger charge is -2.34. The molecule has 1 aromatic heterocycles. The molecule has 0 radical (unpaired) electrons. The van der Waals surface area contributed by atoms with E-state index < -0.39 is 23.7 Å². The number of primary amides is 1. The molecule has 1 fully saturated rings. The SMILES string of the molecule is NC(=O)[C@@H]1COCCN1c1ncc(C(F)(F)F)cc1Cl. The van der Waals surface area contributed by atoms with E-state index in [0.717, 1.165) is 6.07 Å². The first-order valence-electron chi connectivity index (χ1n) is 5.67. The van der Waals surface area contributed by atoms with Crippen LogP contribution in [-0.2, 0) is 15.7 Å². The minimum absolute atomic E-state index is 0.0500. The molecule has 0 unspecified atom stereocenters. The third-order valence-corrected chi connectivity index (χ3v) is 3.16. The monoisotopic (exact) mass is 309 g/mol. The molecule has 9 heteroatoms. The molecule has 2 rings (SSSR count). The second-order valence-electron chi connectivity index (χ2n) is 4.21. The van der Waals surface area contributed by atoms with E-state index in [4.69, 9.17) is 22.1 Å². The number of morpholine rings is 1. The van der Waals surface area contributed by atoms with Crippen LogP contribution in [0.25, 0.3) is 0 Å². The molecule has 0 aromatic carbocycles. The molecule has 1 aliphatic rings. The minimum Gasteiger partial charge on any atom is -0.377 e. The number of rotatable bonds is 2. The molecule has 2 N–H and O–H groups in total. The third-order valence-electron chi connectivity index (χ3n) is 2.88. The van der Waals surface area contributed by atoms with Crippen LogP contribution in [0.2, 0.25) is 5.02 Å². The summed E-state index contributed by atoms with van der Waals surface area (Å²) in [6, 6.07) is -0.0253. The molecule has 0 spiro atoms. The predicted octanol–water partition coefficient (Wildman–Crippen LogP) is 1.44. The lowest BCUT2D eigenvalue weighted by atomic mass is 10.2. The maximum atomic E-state index is 12.5. The van der Waals surface area contributed by atoms with E-state index in [2.05, 4.69) is 4.98 Å². The second-order valence-corrected chi connectivity index (χ2v) is 4.62. The van der Waals surface area contributed by atoms with Gasteiger partial charge in [-0.05, 0) is 6.07 Å². The number of amides is 1. The van der Waals surface area contributed by atoms with Gasteiger partial charge < -0.3 is 15.4 Å². The number of hydrogen-bond acceptors (Lipinski definition) is 4. The van der Waals surface area contributed by atoms with E-state index in [1.165, 1.54) is 4.90 Å². The molecule has 2 heterocycles. The zero-order valence-electron chi connectivity index (χ0n) is 10.2. The second kappa shape index (κ2) is 5.45. The number of anilines is 1. The smallest absolute Gasteiger partial charge is 0.377 e. The fourth-order valence-electron chi connectivity index (χ4n) is 1.89. The summed E-state index contributed by atoms with van der Waals surface area (Å²) in [6.45, 7) is 0.628. The van der Waals surface area contributed by atoms with Crippen LogP contribution in [0.5, 0.6) is 0 Å². The van der Waals surface area contributed by atoms with Crippen LogP contribution in [0, 0.1) is 0 Å². The summed E-state index contributed by atoms with van der Waals surface area (Å²) >= 11 is 5.84. The molecule has 0 bridgehead atoms.